The average Bonchev–Trinajstić information content (AvgIpc) is 3.58. The number of alkyl halides is 3. The number of anilines is 1. The van der Waals surface area contributed by atoms with E-state index >= 15 is 0 Å². The summed E-state index contributed by atoms with van der Waals surface area (Å²) in [7, 11) is -4.41. The molecule has 0 spiro atoms. The minimum absolute atomic E-state index is 0.00985. The predicted octanol–water partition coefficient (Wildman–Crippen LogP) is 6.77. The van der Waals surface area contributed by atoms with E-state index in [0.29, 0.717) is 19.5 Å². The molecule has 1 unspecified atom stereocenters. The van der Waals surface area contributed by atoms with Gasteiger partial charge in [-0.25, -0.2) is 24.2 Å². The van der Waals surface area contributed by atoms with Crippen LogP contribution < -0.4 is 14.8 Å². The summed E-state index contributed by atoms with van der Waals surface area (Å²) >= 11 is 6.27. The number of hydrogen-bond donors (Lipinski definition) is 2. The zero-order chi connectivity index (χ0) is 38.1. The number of pyridine rings is 2. The second kappa shape index (κ2) is 14.7. The Hall–Kier alpha value is -4.12. The largest absolute Gasteiger partial charge is 0.477 e. The van der Waals surface area contributed by atoms with Gasteiger partial charge in [-0.05, 0) is 103 Å². The van der Waals surface area contributed by atoms with Crippen molar-refractivity contribution in [3.63, 3.8) is 0 Å². The first-order valence-corrected chi connectivity index (χ1v) is 18.8. The molecule has 1 saturated heterocycles. The number of nitrogens with zero attached hydrogens (tertiary/aromatic N) is 5. The van der Waals surface area contributed by atoms with E-state index in [9.17, 15) is 31.2 Å². The Kier molecular flexibility index (Phi) is 11.1. The Balaban J connectivity index is 1.12. The fraction of sp³-hybridized carbons (Fsp3) is 0.559. The third-order valence-corrected chi connectivity index (χ3v) is 10.6. The normalized spacial score (nSPS) is 18.2. The lowest BCUT2D eigenvalue weighted by Gasteiger charge is -2.33. The van der Waals surface area contributed by atoms with Gasteiger partial charge in [-0.15, -0.1) is 5.10 Å². The van der Waals surface area contributed by atoms with Crippen LogP contribution in [0.1, 0.15) is 83.5 Å². The number of hydrogen-bond acceptors (Lipinski definition) is 10. The molecule has 1 aliphatic heterocycles. The van der Waals surface area contributed by atoms with Crippen molar-refractivity contribution < 1.29 is 40.7 Å². The van der Waals surface area contributed by atoms with Crippen LogP contribution in [0.2, 0.25) is 5.15 Å². The summed E-state index contributed by atoms with van der Waals surface area (Å²) in [6.07, 6.45) is -1.12. The van der Waals surface area contributed by atoms with E-state index in [1.165, 1.54) is 41.2 Å². The van der Waals surface area contributed by atoms with Gasteiger partial charge in [0.05, 0.1) is 17.6 Å². The molecular weight excluding hydrogens is 727 g/mol. The molecule has 2 N–H and O–H groups in total. The number of carbonyl (C=O) groups is 2. The SMILES string of the molecule is CC(C)(C)OC(=O)N1CC(CCNc2cccc(S(=O)(=O)NC(=O)c3ccc(-n4ccc(OCCCC5(C(F)(F)F)CC5)n4)nc3Cl)n2)CC1(C)C. The fourth-order valence-corrected chi connectivity index (χ4v) is 7.33. The first kappa shape index (κ1) is 39.1. The number of sulfonamides is 1. The molecular formula is C34H43ClF3N7O6S. The average molecular weight is 770 g/mol. The minimum Gasteiger partial charge on any atom is -0.477 e. The summed E-state index contributed by atoms with van der Waals surface area (Å²) in [6.45, 7) is 10.5. The highest BCUT2D eigenvalue weighted by Crippen LogP contribution is 2.60. The van der Waals surface area contributed by atoms with Crippen LogP contribution in [-0.2, 0) is 14.8 Å². The predicted molar refractivity (Wildman–Crippen MR) is 186 cm³/mol. The van der Waals surface area contributed by atoms with Crippen LogP contribution in [0, 0.1) is 11.3 Å². The topological polar surface area (TPSA) is 158 Å². The molecule has 18 heteroatoms. The van der Waals surface area contributed by atoms with Gasteiger partial charge in [-0.3, -0.25) is 4.79 Å². The molecule has 2 fully saturated rings. The van der Waals surface area contributed by atoms with Crippen molar-refractivity contribution in [3.8, 4) is 11.7 Å². The van der Waals surface area contributed by atoms with Gasteiger partial charge in [0, 0.05) is 30.9 Å². The summed E-state index contributed by atoms with van der Waals surface area (Å²) in [4.78, 5) is 35.8. The van der Waals surface area contributed by atoms with Crippen LogP contribution >= 0.6 is 11.6 Å². The van der Waals surface area contributed by atoms with Gasteiger partial charge < -0.3 is 19.7 Å². The van der Waals surface area contributed by atoms with E-state index in [2.05, 4.69) is 20.4 Å². The van der Waals surface area contributed by atoms with E-state index in [1.54, 1.807) is 11.0 Å². The maximum absolute atomic E-state index is 13.1. The van der Waals surface area contributed by atoms with Crippen LogP contribution in [0.4, 0.5) is 23.8 Å². The van der Waals surface area contributed by atoms with Crippen molar-refractivity contribution in [3.05, 3.63) is 53.3 Å². The number of rotatable bonds is 13. The van der Waals surface area contributed by atoms with Crippen LogP contribution in [0.15, 0.2) is 47.6 Å². The number of ether oxygens (including phenoxy) is 2. The molecule has 52 heavy (non-hydrogen) atoms. The van der Waals surface area contributed by atoms with Crippen LogP contribution in [-0.4, -0.2) is 82.1 Å². The molecule has 5 rings (SSSR count). The fourth-order valence-electron chi connectivity index (χ4n) is 6.16. The van der Waals surface area contributed by atoms with Gasteiger partial charge in [-0.2, -0.15) is 21.6 Å². The molecule has 0 radical (unpaired) electrons. The Bertz CT molecular complexity index is 1890. The second-order valence-electron chi connectivity index (χ2n) is 14.8. The highest BCUT2D eigenvalue weighted by Gasteiger charge is 2.62. The van der Waals surface area contributed by atoms with Gasteiger partial charge in [0.25, 0.3) is 15.9 Å². The van der Waals surface area contributed by atoms with E-state index in [0.717, 1.165) is 6.42 Å². The smallest absolute Gasteiger partial charge is 0.410 e. The molecule has 0 aromatic carbocycles. The molecule has 284 valence electrons. The summed E-state index contributed by atoms with van der Waals surface area (Å²) in [6, 6.07) is 8.53. The molecule has 1 saturated carbocycles. The van der Waals surface area contributed by atoms with Crippen molar-refractivity contribution in [1.82, 2.24) is 29.4 Å². The first-order chi connectivity index (χ1) is 24.2. The Morgan fingerprint density at radius 1 is 1.08 bits per heavy atom. The quantitative estimate of drug-likeness (QED) is 0.140. The molecule has 0 bridgehead atoms. The van der Waals surface area contributed by atoms with Crippen LogP contribution in [0.3, 0.4) is 0 Å². The van der Waals surface area contributed by atoms with E-state index in [-0.39, 0.29) is 83.1 Å². The molecule has 4 heterocycles. The Morgan fingerprint density at radius 2 is 1.81 bits per heavy atom. The number of amides is 2. The third-order valence-electron chi connectivity index (χ3n) is 9.04. The van der Waals surface area contributed by atoms with Crippen LogP contribution in [0.5, 0.6) is 5.88 Å². The van der Waals surface area contributed by atoms with E-state index < -0.39 is 33.1 Å². The van der Waals surface area contributed by atoms with Crippen LogP contribution in [0.25, 0.3) is 5.82 Å². The van der Waals surface area contributed by atoms with E-state index in [1.807, 2.05) is 39.3 Å². The molecule has 2 amide bonds. The highest BCUT2D eigenvalue weighted by molar-refractivity contribution is 7.90. The number of likely N-dealkylation sites (tertiary alicyclic amines) is 1. The highest BCUT2D eigenvalue weighted by atomic mass is 35.5. The molecule has 13 nitrogen and oxygen atoms in total. The standard InChI is InChI=1S/C34H43ClF3N7O6S/c1-31(2,3)51-30(47)44-21-22(20-32(44,4)5)12-17-39-24-8-6-9-27(40-24)52(48,49)43-29(46)23-10-11-25(41-28(23)35)45-18-13-26(42-45)50-19-7-14-33(15-16-33)34(36,37)38/h6,8-11,13,18,22H,7,12,14-17,19-21H2,1-5H3,(H,39,40)(H,43,46). The second-order valence-corrected chi connectivity index (χ2v) is 16.8. The lowest BCUT2D eigenvalue weighted by atomic mass is 9.94. The monoisotopic (exact) mass is 769 g/mol. The molecule has 3 aromatic heterocycles. The summed E-state index contributed by atoms with van der Waals surface area (Å²) in [5, 5.41) is 6.63. The maximum atomic E-state index is 13.1. The van der Waals surface area contributed by atoms with Gasteiger partial charge in [-0.1, -0.05) is 17.7 Å². The number of nitrogens with one attached hydrogen (secondary N) is 2. The van der Waals surface area contributed by atoms with E-state index in [4.69, 9.17) is 21.1 Å². The molecule has 2 aliphatic rings. The zero-order valence-electron chi connectivity index (χ0n) is 29.6. The summed E-state index contributed by atoms with van der Waals surface area (Å²) < 4.78 is 80.0. The van der Waals surface area contributed by atoms with Crippen molar-refractivity contribution in [2.75, 3.05) is 25.0 Å². The number of carbonyl (C=O) groups excluding carboxylic acids is 2. The van der Waals surface area contributed by atoms with Crippen molar-refractivity contribution in [2.24, 2.45) is 11.3 Å². The minimum atomic E-state index is -4.41. The number of aromatic nitrogens is 4. The summed E-state index contributed by atoms with van der Waals surface area (Å²) in [5.74, 6) is -0.198. The lowest BCUT2D eigenvalue weighted by molar-refractivity contribution is -0.189. The van der Waals surface area contributed by atoms with Gasteiger partial charge in [0.1, 0.15) is 16.6 Å². The van der Waals surface area contributed by atoms with Crippen molar-refractivity contribution >= 4 is 39.4 Å². The van der Waals surface area contributed by atoms with Gasteiger partial charge in [0.2, 0.25) is 5.88 Å². The Morgan fingerprint density at radius 3 is 2.46 bits per heavy atom. The first-order valence-electron chi connectivity index (χ1n) is 16.9. The zero-order valence-corrected chi connectivity index (χ0v) is 31.2. The summed E-state index contributed by atoms with van der Waals surface area (Å²) in [5.41, 5.74) is -2.79. The molecule has 1 aliphatic carbocycles. The van der Waals surface area contributed by atoms with Crippen molar-refractivity contribution in [2.45, 2.75) is 95.5 Å². The van der Waals surface area contributed by atoms with Gasteiger partial charge >= 0.3 is 12.3 Å². The molecule has 1 atom stereocenters. The Labute approximate surface area is 305 Å². The van der Waals surface area contributed by atoms with Gasteiger partial charge in [0.15, 0.2) is 10.8 Å². The third kappa shape index (κ3) is 9.45. The number of halogens is 4. The van der Waals surface area contributed by atoms with Crippen molar-refractivity contribution in [1.29, 1.82) is 0 Å². The molecule has 3 aromatic rings. The maximum Gasteiger partial charge on any atom is 0.410 e. The lowest BCUT2D eigenvalue weighted by Crippen LogP contribution is -2.45.